The third kappa shape index (κ3) is 15.5. The molecule has 0 atom stereocenters. The molecule has 0 aliphatic heterocycles. The second-order valence-electron chi connectivity index (χ2n) is 19.7. The smallest absolute Gasteiger partial charge is 0.333 e. The molecule has 14 heteroatoms. The molecular weight excluding hydrogens is 885 g/mol. The third-order valence-electron chi connectivity index (χ3n) is 14.9. The maximum Gasteiger partial charge on any atom is 0.333 e. The van der Waals surface area contributed by atoms with Crippen molar-refractivity contribution >= 4 is 52.6 Å². The van der Waals surface area contributed by atoms with Crippen LogP contribution in [0.3, 0.4) is 0 Å². The summed E-state index contributed by atoms with van der Waals surface area (Å²) >= 11 is 0. The maximum atomic E-state index is 13.8. The molecule has 4 saturated carbocycles. The highest BCUT2D eigenvalue weighted by Crippen LogP contribution is 2.45. The summed E-state index contributed by atoms with van der Waals surface area (Å²) < 4.78 is 38.9. The van der Waals surface area contributed by atoms with E-state index in [2.05, 4.69) is 13.2 Å². The molecule has 69 heavy (non-hydrogen) atoms. The molecular formula is C55H72O14. The molecule has 0 heterocycles. The number of hydrogen-bond donors (Lipinski definition) is 0. The van der Waals surface area contributed by atoms with Gasteiger partial charge in [0.25, 0.3) is 0 Å². The third-order valence-corrected chi connectivity index (χ3v) is 14.9. The summed E-state index contributed by atoms with van der Waals surface area (Å²) in [5, 5.41) is 0.879. The lowest BCUT2D eigenvalue weighted by atomic mass is 9.69. The maximum absolute atomic E-state index is 13.8. The zero-order valence-electron chi connectivity index (χ0n) is 40.7. The van der Waals surface area contributed by atoms with Crippen LogP contribution in [0.25, 0.3) is 10.8 Å². The van der Waals surface area contributed by atoms with Crippen LogP contribution in [-0.4, -0.2) is 68.2 Å². The summed E-state index contributed by atoms with van der Waals surface area (Å²) in [6, 6.07) is 8.36. The lowest BCUT2D eigenvalue weighted by molar-refractivity contribution is -0.151. The van der Waals surface area contributed by atoms with E-state index in [4.69, 9.17) is 33.2 Å². The topological polar surface area (TPSA) is 184 Å². The van der Waals surface area contributed by atoms with E-state index < -0.39 is 17.9 Å². The quantitative estimate of drug-likeness (QED) is 0.0378. The second-order valence-corrected chi connectivity index (χ2v) is 19.7. The molecule has 2 aromatic rings. The van der Waals surface area contributed by atoms with Crippen LogP contribution in [0.1, 0.15) is 142 Å². The van der Waals surface area contributed by atoms with E-state index in [-0.39, 0.29) is 72.3 Å². The zero-order chi connectivity index (χ0) is 49.3. The van der Waals surface area contributed by atoms with Gasteiger partial charge in [-0.3, -0.25) is 24.0 Å². The number of esters is 7. The number of unbranched alkanes of at least 4 members (excludes halogenated alkanes) is 2. The zero-order valence-corrected chi connectivity index (χ0v) is 40.7. The fourth-order valence-corrected chi connectivity index (χ4v) is 10.9. The molecule has 0 unspecified atom stereocenters. The van der Waals surface area contributed by atoms with Crippen molar-refractivity contribution in [2.24, 2.45) is 47.3 Å². The SMILES string of the molecule is C=CC(=O)OCCCCOC(=O)C1CCC(C2CCC(C(=O)Oc3ccc(OC(=O)C4CCC(C5CCC(C(=O)OCCCCOC(=O)C(=C)C)CC5)CC4)c4cccc(OC(C)=O)c34)CC2)CC1. The lowest BCUT2D eigenvalue weighted by Gasteiger charge is -2.36. The van der Waals surface area contributed by atoms with E-state index in [0.717, 1.165) is 83.1 Å². The van der Waals surface area contributed by atoms with Gasteiger partial charge in [-0.05, 0) is 177 Å². The Hall–Kier alpha value is -5.53. The van der Waals surface area contributed by atoms with Crippen LogP contribution in [0.4, 0.5) is 0 Å². The normalized spacial score (nSPS) is 24.7. The van der Waals surface area contributed by atoms with E-state index >= 15 is 0 Å². The van der Waals surface area contributed by atoms with Crippen LogP contribution >= 0.6 is 0 Å². The number of ether oxygens (including phenoxy) is 7. The molecule has 0 amide bonds. The monoisotopic (exact) mass is 956 g/mol. The molecule has 6 rings (SSSR count). The first-order valence-corrected chi connectivity index (χ1v) is 25.4. The minimum Gasteiger partial charge on any atom is -0.465 e. The van der Waals surface area contributed by atoms with Crippen LogP contribution in [0.15, 0.2) is 55.1 Å². The van der Waals surface area contributed by atoms with Gasteiger partial charge in [-0.2, -0.15) is 0 Å². The number of carbonyl (C=O) groups excluding carboxylic acids is 7. The van der Waals surface area contributed by atoms with Crippen molar-refractivity contribution in [2.45, 2.75) is 142 Å². The molecule has 0 N–H and O–H groups in total. The summed E-state index contributed by atoms with van der Waals surface area (Å²) in [6.07, 6.45) is 17.0. The number of hydrogen-bond acceptors (Lipinski definition) is 14. The van der Waals surface area contributed by atoms with Crippen LogP contribution in [0, 0.1) is 47.3 Å². The summed E-state index contributed by atoms with van der Waals surface area (Å²) in [5.41, 5.74) is 0.360. The molecule has 0 saturated heterocycles. The van der Waals surface area contributed by atoms with Crippen molar-refractivity contribution in [1.82, 2.24) is 0 Å². The largest absolute Gasteiger partial charge is 0.465 e. The highest BCUT2D eigenvalue weighted by atomic mass is 16.6. The predicted octanol–water partition coefficient (Wildman–Crippen LogP) is 10.3. The number of carbonyl (C=O) groups is 7. The molecule has 4 aliphatic rings. The average Bonchev–Trinajstić information content (AvgIpc) is 3.36. The van der Waals surface area contributed by atoms with Crippen molar-refractivity contribution < 1.29 is 66.7 Å². The summed E-state index contributed by atoms with van der Waals surface area (Å²) in [5.74, 6) is -0.466. The summed E-state index contributed by atoms with van der Waals surface area (Å²) in [7, 11) is 0. The van der Waals surface area contributed by atoms with E-state index in [1.807, 2.05) is 0 Å². The standard InChI is InChI=1S/C55H72O14/c1-5-49(57)63-31-6-7-33-65-52(59)41-21-15-38(16-22-41)40-19-27-44(28-20-40)55(62)69-48-30-29-46(45-11-10-12-47(50(45)48)67-36(4)56)68-54(61)43-25-17-39(18-26-43)37-13-23-42(24-14-37)53(60)66-34-9-8-32-64-51(58)35(2)3/h5,10-12,29-30,37-44H,1-2,6-9,13-28,31-34H2,3-4H3. The fourth-order valence-electron chi connectivity index (χ4n) is 10.9. The Morgan fingerprint density at radius 3 is 1.28 bits per heavy atom. The van der Waals surface area contributed by atoms with E-state index in [1.54, 1.807) is 37.3 Å². The van der Waals surface area contributed by atoms with Gasteiger partial charge in [0.05, 0.1) is 55.5 Å². The molecule has 2 aromatic carbocycles. The molecule has 0 aromatic heterocycles. The first-order chi connectivity index (χ1) is 33.3. The van der Waals surface area contributed by atoms with Crippen molar-refractivity contribution in [3.05, 3.63) is 55.1 Å². The Labute approximate surface area is 406 Å². The average molecular weight is 957 g/mol. The van der Waals surface area contributed by atoms with E-state index in [9.17, 15) is 33.6 Å². The minimum absolute atomic E-state index is 0.100. The Balaban J connectivity index is 0.936. The molecule has 4 fully saturated rings. The van der Waals surface area contributed by atoms with Crippen molar-refractivity contribution in [1.29, 1.82) is 0 Å². The van der Waals surface area contributed by atoms with Gasteiger partial charge in [-0.1, -0.05) is 25.3 Å². The van der Waals surface area contributed by atoms with Gasteiger partial charge < -0.3 is 33.2 Å². The Morgan fingerprint density at radius 1 is 0.478 bits per heavy atom. The number of rotatable bonds is 21. The molecule has 0 radical (unpaired) electrons. The van der Waals surface area contributed by atoms with Gasteiger partial charge in [-0.25, -0.2) is 9.59 Å². The summed E-state index contributed by atoms with van der Waals surface area (Å²) in [6.45, 7) is 11.0. The van der Waals surface area contributed by atoms with Gasteiger partial charge in [-0.15, -0.1) is 0 Å². The van der Waals surface area contributed by atoms with Gasteiger partial charge >= 0.3 is 41.8 Å². The van der Waals surface area contributed by atoms with Crippen molar-refractivity contribution in [2.75, 3.05) is 26.4 Å². The first-order valence-electron chi connectivity index (χ1n) is 25.4. The van der Waals surface area contributed by atoms with Gasteiger partial charge in [0.2, 0.25) is 0 Å². The fraction of sp³-hybridized carbons (Fsp3) is 0.618. The van der Waals surface area contributed by atoms with Gasteiger partial charge in [0.1, 0.15) is 17.2 Å². The van der Waals surface area contributed by atoms with Crippen LogP contribution in [0.2, 0.25) is 0 Å². The lowest BCUT2D eigenvalue weighted by Crippen LogP contribution is -2.31. The number of fused-ring (bicyclic) bond motifs is 1. The Bertz CT molecular complexity index is 2130. The molecule has 0 bridgehead atoms. The second kappa shape index (κ2) is 26.4. The van der Waals surface area contributed by atoms with Gasteiger partial charge in [0, 0.05) is 24.0 Å². The first kappa shape index (κ1) is 52.8. The molecule has 4 aliphatic carbocycles. The minimum atomic E-state index is -0.537. The Morgan fingerprint density at radius 2 is 0.855 bits per heavy atom. The molecule has 14 nitrogen and oxygen atoms in total. The van der Waals surface area contributed by atoms with Crippen LogP contribution in [0.5, 0.6) is 17.2 Å². The van der Waals surface area contributed by atoms with E-state index in [0.29, 0.717) is 110 Å². The van der Waals surface area contributed by atoms with Crippen LogP contribution in [-0.2, 0) is 52.5 Å². The molecule has 376 valence electrons. The van der Waals surface area contributed by atoms with E-state index in [1.165, 1.54) is 6.92 Å². The molecule has 0 spiro atoms. The van der Waals surface area contributed by atoms with Crippen LogP contribution < -0.4 is 14.2 Å². The highest BCUT2D eigenvalue weighted by Gasteiger charge is 2.38. The highest BCUT2D eigenvalue weighted by molar-refractivity contribution is 6.01. The van der Waals surface area contributed by atoms with Crippen molar-refractivity contribution in [3.63, 3.8) is 0 Å². The van der Waals surface area contributed by atoms with Crippen molar-refractivity contribution in [3.8, 4) is 17.2 Å². The Kier molecular flexibility index (Phi) is 20.3. The predicted molar refractivity (Wildman–Crippen MR) is 256 cm³/mol. The van der Waals surface area contributed by atoms with Gasteiger partial charge in [0.15, 0.2) is 0 Å². The summed E-state index contributed by atoms with van der Waals surface area (Å²) in [4.78, 5) is 87.8. The number of benzene rings is 2.